The van der Waals surface area contributed by atoms with Gasteiger partial charge in [-0.1, -0.05) is 108 Å². The molecule has 27 heteroatoms. The van der Waals surface area contributed by atoms with Crippen LogP contribution in [0.3, 0.4) is 0 Å². The molecule has 0 radical (unpaired) electrons. The molecule has 2 amide bonds. The molecule has 1 saturated carbocycles. The van der Waals surface area contributed by atoms with Crippen molar-refractivity contribution in [3.63, 3.8) is 0 Å². The minimum Gasteiger partial charge on any atom is -0.445 e. The highest BCUT2D eigenvalue weighted by Gasteiger charge is 2.56. The molecule has 1 aliphatic carbocycles. The number of aliphatic hydroxyl groups excluding tert-OH is 5. The molecule has 5 fully saturated rings. The van der Waals surface area contributed by atoms with Crippen molar-refractivity contribution < 1.29 is 91.3 Å². The second kappa shape index (κ2) is 28.2. The molecular weight excluding hydrogens is 1070 g/mol. The number of benzene rings is 3. The summed E-state index contributed by atoms with van der Waals surface area (Å²) in [5.74, 6) is -8.65. The Balaban J connectivity index is 1.05. The highest BCUT2D eigenvalue weighted by Crippen LogP contribution is 2.43. The van der Waals surface area contributed by atoms with Gasteiger partial charge in [0.1, 0.15) is 67.7 Å². The molecule has 1 unspecified atom stereocenters. The number of ether oxygens (including phenoxy) is 9. The van der Waals surface area contributed by atoms with Crippen molar-refractivity contribution in [1.82, 2.24) is 10.6 Å². The number of amides is 2. The van der Waals surface area contributed by atoms with Crippen molar-refractivity contribution in [1.29, 1.82) is 0 Å². The molecule has 440 valence electrons. The van der Waals surface area contributed by atoms with Crippen molar-refractivity contribution in [3.8, 4) is 0 Å². The number of Topliss-reactive ketones (excluding diaryl/α,β-unsaturated/α-hetero) is 1. The van der Waals surface area contributed by atoms with Crippen molar-refractivity contribution in [2.24, 2.45) is 28.0 Å². The van der Waals surface area contributed by atoms with Gasteiger partial charge in [-0.2, -0.15) is 0 Å². The van der Waals surface area contributed by atoms with E-state index in [2.05, 4.69) is 30.7 Å². The fourth-order valence-corrected chi connectivity index (χ4v) is 11.0. The molecule has 81 heavy (non-hydrogen) atoms. The van der Waals surface area contributed by atoms with Crippen LogP contribution in [-0.2, 0) is 60.6 Å². The second-order valence-corrected chi connectivity index (χ2v) is 20.9. The van der Waals surface area contributed by atoms with Crippen LogP contribution in [0.4, 0.5) is 18.4 Å². The van der Waals surface area contributed by atoms with Gasteiger partial charge in [0.2, 0.25) is 0 Å². The molecule has 3 aromatic carbocycles. The number of carbonyl (C=O) groups is 3. The number of nitrogens with zero attached hydrogens (tertiary/aromatic N) is 6. The van der Waals surface area contributed by atoms with Crippen LogP contribution in [0.25, 0.3) is 20.9 Å². The van der Waals surface area contributed by atoms with Gasteiger partial charge in [-0.05, 0) is 65.8 Å². The highest BCUT2D eigenvalue weighted by molar-refractivity contribution is 5.82. The zero-order valence-electron chi connectivity index (χ0n) is 44.4. The van der Waals surface area contributed by atoms with E-state index in [0.29, 0.717) is 24.0 Å². The molecule has 20 atom stereocenters. The Morgan fingerprint density at radius 1 is 0.716 bits per heavy atom. The summed E-state index contributed by atoms with van der Waals surface area (Å²) in [6.07, 6.45) is -22.8. The van der Waals surface area contributed by atoms with Gasteiger partial charge in [0.05, 0.1) is 62.2 Å². The number of nitrogens with one attached hydrogen (secondary N) is 2. The lowest BCUT2D eigenvalue weighted by atomic mass is 9.73. The minimum absolute atomic E-state index is 0.0821. The maximum absolute atomic E-state index is 15.1. The SMILES string of the molecule is C[C@H](C(=O)C[C@@H]1C[C@H](C)[C@@H](O[C@H]2O[C@H](CN=[N+]=[N-])C[C@@H](O)[C@H]2NC(=O)OCc2ccccc2)[C@H](O[C@@H]2O[C@H](CO)[C@@H](O[C@H]3O[C@H]4CCC(c5ccccc5)O[C@H]4[C@H](O)[C@H]3NC(=O)OCc3ccccc3)[C@H]2O)[C@H]1O)C(F)(F)CN=[N+]=[N-]. The predicted octanol–water partition coefficient (Wildman–Crippen LogP) is 5.16. The first kappa shape index (κ1) is 61.0. The Kier molecular flexibility index (Phi) is 21.2. The van der Waals surface area contributed by atoms with Crippen molar-refractivity contribution >= 4 is 18.0 Å². The standard InChI is InChI=1S/C54H68F2N8O17/c1-28-20-33(21-35(66)29(2)54(55,56)27-60-64-58)42(68)48(45(28)79-49-40(36(67)22-34(75-49)23-59-63-57)61-52(71)73-25-30-12-6-3-7-13-30)81-51-44(70)47(39(24-65)78-51)80-50-41(62-53(72)74-26-31-14-8-4-9-15-31)43(69)46-38(77-50)19-18-37(76-46)32-16-10-5-11-17-32/h3-17,28-29,33-34,36-51,65,67-70H,18-27H2,1-2H3,(H,61,71)(H,62,72)/t28-,29+,33-,34-,36+,37?,38-,39+,40+,41+,42-,43+,44+,45+,46+,47+,48+,49+,50+,51-/m0/s1. The first-order valence-electron chi connectivity index (χ1n) is 26.8. The van der Waals surface area contributed by atoms with Crippen LogP contribution in [0, 0.1) is 17.8 Å². The zero-order chi connectivity index (χ0) is 57.8. The van der Waals surface area contributed by atoms with Gasteiger partial charge in [-0.3, -0.25) is 4.79 Å². The normalized spacial score (nSPS) is 34.3. The van der Waals surface area contributed by atoms with Crippen LogP contribution in [0.2, 0.25) is 0 Å². The molecule has 5 aliphatic rings. The summed E-state index contributed by atoms with van der Waals surface area (Å²) in [6.45, 7) is -0.112. The number of alkyl carbamates (subject to hydrolysis) is 2. The first-order valence-corrected chi connectivity index (χ1v) is 26.8. The quantitative estimate of drug-likeness (QED) is 0.0388. The van der Waals surface area contributed by atoms with Crippen molar-refractivity contribution in [2.45, 2.75) is 169 Å². The molecular formula is C54H68F2N8O17. The monoisotopic (exact) mass is 1140 g/mol. The van der Waals surface area contributed by atoms with Crippen LogP contribution >= 0.6 is 0 Å². The molecule has 0 bridgehead atoms. The lowest BCUT2D eigenvalue weighted by Gasteiger charge is -2.48. The van der Waals surface area contributed by atoms with E-state index in [-0.39, 0.29) is 32.6 Å². The van der Waals surface area contributed by atoms with E-state index in [1.165, 1.54) is 0 Å². The molecule has 0 aromatic heterocycles. The fraction of sp³-hybridized carbons (Fsp3) is 0.611. The number of hydrogen-bond donors (Lipinski definition) is 7. The lowest BCUT2D eigenvalue weighted by Crippen LogP contribution is -2.66. The summed E-state index contributed by atoms with van der Waals surface area (Å²) in [6, 6.07) is 24.1. The Bertz CT molecular complexity index is 2630. The third kappa shape index (κ3) is 15.3. The van der Waals surface area contributed by atoms with Crippen LogP contribution in [-0.4, -0.2) is 167 Å². The Hall–Kier alpha value is -6.13. The predicted molar refractivity (Wildman–Crippen MR) is 276 cm³/mol. The number of ketones is 1. The Morgan fingerprint density at radius 2 is 1.30 bits per heavy atom. The summed E-state index contributed by atoms with van der Waals surface area (Å²) in [7, 11) is 0. The molecule has 4 saturated heterocycles. The van der Waals surface area contributed by atoms with E-state index in [9.17, 15) is 39.9 Å². The maximum Gasteiger partial charge on any atom is 0.407 e. The summed E-state index contributed by atoms with van der Waals surface area (Å²) in [4.78, 5) is 45.6. The van der Waals surface area contributed by atoms with Gasteiger partial charge >= 0.3 is 12.2 Å². The number of rotatable bonds is 22. The molecule has 3 aromatic rings. The van der Waals surface area contributed by atoms with Crippen LogP contribution in [0.15, 0.2) is 101 Å². The molecule has 0 spiro atoms. The van der Waals surface area contributed by atoms with E-state index in [1.807, 2.05) is 30.3 Å². The summed E-state index contributed by atoms with van der Waals surface area (Å²) < 4.78 is 85.7. The van der Waals surface area contributed by atoms with Crippen LogP contribution in [0.1, 0.15) is 68.7 Å². The molecule has 7 N–H and O–H groups in total. The van der Waals surface area contributed by atoms with Gasteiger partial charge in [0.15, 0.2) is 18.9 Å². The number of azide groups is 2. The molecule has 4 heterocycles. The largest absolute Gasteiger partial charge is 0.445 e. The number of hydrogen-bond acceptors (Lipinski definition) is 19. The minimum atomic E-state index is -3.76. The van der Waals surface area contributed by atoms with Gasteiger partial charge < -0.3 is 78.8 Å². The number of alkyl halides is 2. The van der Waals surface area contributed by atoms with Gasteiger partial charge in [-0.25, -0.2) is 18.4 Å². The molecule has 8 rings (SSSR count). The first-order chi connectivity index (χ1) is 39.0. The summed E-state index contributed by atoms with van der Waals surface area (Å²) >= 11 is 0. The molecule has 4 aliphatic heterocycles. The average molecular weight is 1140 g/mol. The average Bonchev–Trinajstić information content (AvgIpc) is 3.90. The summed E-state index contributed by atoms with van der Waals surface area (Å²) in [5.41, 5.74) is 20.0. The fourth-order valence-electron chi connectivity index (χ4n) is 11.0. The number of fused-ring (bicyclic) bond motifs is 1. The van der Waals surface area contributed by atoms with E-state index in [0.717, 1.165) is 12.5 Å². The highest BCUT2D eigenvalue weighted by atomic mass is 19.3. The third-order valence-electron chi connectivity index (χ3n) is 15.4. The van der Waals surface area contributed by atoms with E-state index < -0.39 is 165 Å². The van der Waals surface area contributed by atoms with Crippen LogP contribution in [0.5, 0.6) is 0 Å². The van der Waals surface area contributed by atoms with E-state index in [4.69, 9.17) is 53.7 Å². The van der Waals surface area contributed by atoms with Gasteiger partial charge in [0, 0.05) is 22.7 Å². The Morgan fingerprint density at radius 3 is 1.91 bits per heavy atom. The lowest BCUT2D eigenvalue weighted by molar-refractivity contribution is -0.311. The molecule has 25 nitrogen and oxygen atoms in total. The topological polar surface area (TPSA) is 357 Å². The van der Waals surface area contributed by atoms with Crippen molar-refractivity contribution in [2.75, 3.05) is 19.7 Å². The second-order valence-electron chi connectivity index (χ2n) is 20.9. The summed E-state index contributed by atoms with van der Waals surface area (Å²) in [5, 5.41) is 70.6. The number of aliphatic hydroxyl groups is 5. The third-order valence-corrected chi connectivity index (χ3v) is 15.4. The number of carbonyl (C=O) groups excluding carboxylic acids is 3. The number of halogens is 2. The van der Waals surface area contributed by atoms with E-state index >= 15 is 8.78 Å². The zero-order valence-corrected chi connectivity index (χ0v) is 44.4. The van der Waals surface area contributed by atoms with Gasteiger partial charge in [0.25, 0.3) is 5.92 Å². The van der Waals surface area contributed by atoms with Gasteiger partial charge in [-0.15, -0.1) is 0 Å². The Labute approximate surface area is 464 Å². The maximum atomic E-state index is 15.1. The van der Waals surface area contributed by atoms with Crippen LogP contribution < -0.4 is 10.6 Å². The van der Waals surface area contributed by atoms with Crippen molar-refractivity contribution in [3.05, 3.63) is 129 Å². The smallest absolute Gasteiger partial charge is 0.407 e. The van der Waals surface area contributed by atoms with E-state index in [1.54, 1.807) is 67.6 Å².